The first-order chi connectivity index (χ1) is 6.24. The topological polar surface area (TPSA) is 85.2 Å². The maximum absolute atomic E-state index is 11.0. The van der Waals surface area contributed by atoms with E-state index in [-0.39, 0.29) is 18.9 Å². The molecule has 3 N–H and O–H groups in total. The highest BCUT2D eigenvalue weighted by atomic mass is 16.3. The number of aliphatic hydroxyl groups is 1. The second kappa shape index (κ2) is 7.53. The zero-order chi connectivity index (χ0) is 10.1. The van der Waals surface area contributed by atoms with Crippen molar-refractivity contribution < 1.29 is 9.90 Å². The maximum atomic E-state index is 11.0. The maximum Gasteiger partial charge on any atom is 0.222 e. The average Bonchev–Trinajstić information content (AvgIpc) is 2.12. The fraction of sp³-hybridized carbons (Fsp3) is 0.750. The Balaban J connectivity index is 3.71. The Morgan fingerprint density at radius 3 is 2.85 bits per heavy atom. The molecule has 0 bridgehead atoms. The summed E-state index contributed by atoms with van der Waals surface area (Å²) in [6.45, 7) is 2.68. The van der Waals surface area contributed by atoms with Crippen molar-refractivity contribution in [2.45, 2.75) is 19.4 Å². The van der Waals surface area contributed by atoms with Crippen LogP contribution in [0.15, 0.2) is 0 Å². The van der Waals surface area contributed by atoms with Gasteiger partial charge in [0.25, 0.3) is 0 Å². The van der Waals surface area contributed by atoms with Gasteiger partial charge in [0, 0.05) is 13.1 Å². The lowest BCUT2D eigenvalue weighted by Crippen LogP contribution is -2.36. The number of hydrogen-bond acceptors (Lipinski definition) is 4. The molecule has 1 amide bonds. The van der Waals surface area contributed by atoms with Gasteiger partial charge in [-0.15, -0.1) is 0 Å². The molecule has 0 radical (unpaired) electrons. The van der Waals surface area contributed by atoms with Gasteiger partial charge in [0.05, 0.1) is 19.1 Å². The number of nitriles is 1. The predicted molar refractivity (Wildman–Crippen MR) is 47.8 cm³/mol. The molecule has 0 aromatic carbocycles. The van der Waals surface area contributed by atoms with Crippen LogP contribution in [-0.2, 0) is 4.79 Å². The summed E-state index contributed by atoms with van der Waals surface area (Å²) in [7, 11) is 0. The molecule has 13 heavy (non-hydrogen) atoms. The quantitative estimate of drug-likeness (QED) is 0.495. The first kappa shape index (κ1) is 11.9. The second-order valence-electron chi connectivity index (χ2n) is 2.52. The molecule has 1 atom stereocenters. The molecular formula is C8H15N3O2. The van der Waals surface area contributed by atoms with E-state index in [1.54, 1.807) is 0 Å². The summed E-state index contributed by atoms with van der Waals surface area (Å²) in [6, 6.07) is 1.43. The first-order valence-corrected chi connectivity index (χ1v) is 4.25. The van der Waals surface area contributed by atoms with E-state index >= 15 is 0 Å². The zero-order valence-electron chi connectivity index (χ0n) is 7.71. The van der Waals surface area contributed by atoms with Crippen LogP contribution < -0.4 is 10.6 Å². The van der Waals surface area contributed by atoms with E-state index in [1.165, 1.54) is 0 Å². The van der Waals surface area contributed by atoms with Gasteiger partial charge in [-0.25, -0.2) is 0 Å². The van der Waals surface area contributed by atoms with Gasteiger partial charge in [-0.05, 0) is 6.92 Å². The number of carbonyl (C=O) groups is 1. The van der Waals surface area contributed by atoms with Crippen molar-refractivity contribution in [3.05, 3.63) is 0 Å². The summed E-state index contributed by atoms with van der Waals surface area (Å²) in [4.78, 5) is 11.0. The molecule has 5 heteroatoms. The molecule has 0 aromatic rings. The SMILES string of the molecule is CCNC(=O)CC(C#N)NCCO. The summed E-state index contributed by atoms with van der Waals surface area (Å²) in [6.07, 6.45) is 0.129. The molecule has 1 unspecified atom stereocenters. The Bertz CT molecular complexity index is 188. The van der Waals surface area contributed by atoms with Crippen LogP contribution >= 0.6 is 0 Å². The van der Waals surface area contributed by atoms with Gasteiger partial charge < -0.3 is 10.4 Å². The lowest BCUT2D eigenvalue weighted by Gasteiger charge is -2.09. The largest absolute Gasteiger partial charge is 0.395 e. The third kappa shape index (κ3) is 6.08. The molecule has 5 nitrogen and oxygen atoms in total. The Morgan fingerprint density at radius 2 is 2.38 bits per heavy atom. The summed E-state index contributed by atoms with van der Waals surface area (Å²) in [5.74, 6) is -0.153. The molecule has 0 aliphatic rings. The number of rotatable bonds is 6. The highest BCUT2D eigenvalue weighted by Gasteiger charge is 2.10. The Hall–Kier alpha value is -1.12. The van der Waals surface area contributed by atoms with E-state index < -0.39 is 6.04 Å². The van der Waals surface area contributed by atoms with Crippen LogP contribution in [-0.4, -0.2) is 36.8 Å². The van der Waals surface area contributed by atoms with Gasteiger partial charge in [0.2, 0.25) is 5.91 Å². The van der Waals surface area contributed by atoms with Crippen molar-refractivity contribution in [2.24, 2.45) is 0 Å². The van der Waals surface area contributed by atoms with Gasteiger partial charge in [0.1, 0.15) is 6.04 Å². The van der Waals surface area contributed by atoms with Gasteiger partial charge in [-0.2, -0.15) is 5.26 Å². The lowest BCUT2D eigenvalue weighted by molar-refractivity contribution is -0.121. The van der Waals surface area contributed by atoms with Gasteiger partial charge in [-0.1, -0.05) is 0 Å². The molecule has 0 spiro atoms. The fourth-order valence-electron chi connectivity index (χ4n) is 0.857. The Labute approximate surface area is 77.7 Å². The number of carbonyl (C=O) groups excluding carboxylic acids is 1. The van der Waals surface area contributed by atoms with E-state index in [0.29, 0.717) is 13.1 Å². The van der Waals surface area contributed by atoms with Crippen LogP contribution in [0.4, 0.5) is 0 Å². The summed E-state index contributed by atoms with van der Waals surface area (Å²) in [5.41, 5.74) is 0. The fourth-order valence-corrected chi connectivity index (χ4v) is 0.857. The minimum atomic E-state index is -0.515. The zero-order valence-corrected chi connectivity index (χ0v) is 7.71. The third-order valence-electron chi connectivity index (χ3n) is 1.42. The van der Waals surface area contributed by atoms with Crippen molar-refractivity contribution in [1.82, 2.24) is 10.6 Å². The summed E-state index contributed by atoms with van der Waals surface area (Å²) < 4.78 is 0. The van der Waals surface area contributed by atoms with Crippen molar-refractivity contribution in [1.29, 1.82) is 5.26 Å². The average molecular weight is 185 g/mol. The molecular weight excluding hydrogens is 170 g/mol. The molecule has 0 aliphatic carbocycles. The van der Waals surface area contributed by atoms with Crippen LogP contribution in [0.3, 0.4) is 0 Å². The number of nitrogens with zero attached hydrogens (tertiary/aromatic N) is 1. The van der Waals surface area contributed by atoms with E-state index in [2.05, 4.69) is 10.6 Å². The second-order valence-corrected chi connectivity index (χ2v) is 2.52. The number of hydrogen-bond donors (Lipinski definition) is 3. The van der Waals surface area contributed by atoms with Crippen molar-refractivity contribution >= 4 is 5.91 Å². The molecule has 0 rings (SSSR count). The highest BCUT2D eigenvalue weighted by molar-refractivity contribution is 5.76. The third-order valence-corrected chi connectivity index (χ3v) is 1.42. The minimum Gasteiger partial charge on any atom is -0.395 e. The lowest BCUT2D eigenvalue weighted by atomic mass is 10.2. The summed E-state index contributed by atoms with van der Waals surface area (Å²) in [5, 5.41) is 22.4. The summed E-state index contributed by atoms with van der Waals surface area (Å²) >= 11 is 0. The smallest absolute Gasteiger partial charge is 0.222 e. The van der Waals surface area contributed by atoms with Crippen LogP contribution in [0, 0.1) is 11.3 Å². The van der Waals surface area contributed by atoms with Crippen LogP contribution in [0.5, 0.6) is 0 Å². The number of nitrogens with one attached hydrogen (secondary N) is 2. The van der Waals surface area contributed by atoms with Gasteiger partial charge in [-0.3, -0.25) is 10.1 Å². The van der Waals surface area contributed by atoms with Crippen molar-refractivity contribution in [3.63, 3.8) is 0 Å². The van der Waals surface area contributed by atoms with Crippen LogP contribution in [0.2, 0.25) is 0 Å². The monoisotopic (exact) mass is 185 g/mol. The molecule has 0 fully saturated rings. The van der Waals surface area contributed by atoms with E-state index in [1.807, 2.05) is 13.0 Å². The minimum absolute atomic E-state index is 0.0341. The van der Waals surface area contributed by atoms with E-state index in [9.17, 15) is 4.79 Å². The van der Waals surface area contributed by atoms with Gasteiger partial charge >= 0.3 is 0 Å². The van der Waals surface area contributed by atoms with Crippen LogP contribution in [0.25, 0.3) is 0 Å². The molecule has 0 heterocycles. The predicted octanol–water partition coefficient (Wildman–Crippen LogP) is -1.01. The van der Waals surface area contributed by atoms with Crippen molar-refractivity contribution in [2.75, 3.05) is 19.7 Å². The molecule has 0 saturated carbocycles. The number of aliphatic hydroxyl groups excluding tert-OH is 1. The first-order valence-electron chi connectivity index (χ1n) is 4.25. The molecule has 0 aliphatic heterocycles. The van der Waals surface area contributed by atoms with Crippen molar-refractivity contribution in [3.8, 4) is 6.07 Å². The van der Waals surface area contributed by atoms with Crippen LogP contribution in [0.1, 0.15) is 13.3 Å². The standard InChI is InChI=1S/C8H15N3O2/c1-2-10-8(13)5-7(6-9)11-3-4-12/h7,11-12H,2-5H2,1H3,(H,10,13). The Kier molecular flexibility index (Phi) is 6.88. The molecule has 74 valence electrons. The van der Waals surface area contributed by atoms with E-state index in [0.717, 1.165) is 0 Å². The Morgan fingerprint density at radius 1 is 1.69 bits per heavy atom. The van der Waals surface area contributed by atoms with Gasteiger partial charge in [0.15, 0.2) is 0 Å². The number of amides is 1. The highest BCUT2D eigenvalue weighted by Crippen LogP contribution is 1.89. The normalized spacial score (nSPS) is 11.8. The molecule has 0 saturated heterocycles. The molecule has 0 aromatic heterocycles. The van der Waals surface area contributed by atoms with E-state index in [4.69, 9.17) is 10.4 Å².